The topological polar surface area (TPSA) is 60.9 Å². The number of carbonyl (C=O) groups is 2. The van der Waals surface area contributed by atoms with Gasteiger partial charge in [-0.05, 0) is 13.3 Å². The Balaban J connectivity index is 2.95. The van der Waals surface area contributed by atoms with E-state index in [9.17, 15) is 9.59 Å². The van der Waals surface area contributed by atoms with Crippen molar-refractivity contribution in [3.05, 3.63) is 12.7 Å². The van der Waals surface area contributed by atoms with Gasteiger partial charge in [0.1, 0.15) is 6.04 Å². The highest BCUT2D eigenvalue weighted by molar-refractivity contribution is 5.86. The van der Waals surface area contributed by atoms with Crippen molar-refractivity contribution in [2.45, 2.75) is 31.8 Å². The second kappa shape index (κ2) is 5.82. The Bertz CT molecular complexity index is 317. The number of nitrogens with zero attached hydrogens (tertiary/aromatic N) is 2. The largest absolute Gasteiger partial charge is 0.481 e. The maximum absolute atomic E-state index is 12.1. The highest BCUT2D eigenvalue weighted by Gasteiger charge is 2.35. The van der Waals surface area contributed by atoms with Gasteiger partial charge in [0.25, 0.3) is 0 Å². The smallest absolute Gasteiger partial charge is 0.305 e. The number of carbonyl (C=O) groups excluding carboxylic acids is 1. The van der Waals surface area contributed by atoms with Gasteiger partial charge in [0, 0.05) is 26.2 Å². The molecule has 1 saturated heterocycles. The number of hydrogen-bond donors (Lipinski definition) is 1. The van der Waals surface area contributed by atoms with E-state index in [1.54, 1.807) is 18.0 Å². The Kier molecular flexibility index (Phi) is 4.69. The van der Waals surface area contributed by atoms with E-state index in [4.69, 9.17) is 5.11 Å². The number of carboxylic acids is 1. The van der Waals surface area contributed by atoms with Crippen LogP contribution in [0.2, 0.25) is 0 Å². The van der Waals surface area contributed by atoms with Crippen molar-refractivity contribution in [2.24, 2.45) is 0 Å². The summed E-state index contributed by atoms with van der Waals surface area (Å²) in [6.45, 7) is 6.89. The Morgan fingerprint density at radius 3 is 2.82 bits per heavy atom. The third-order valence-electron chi connectivity index (χ3n) is 3.22. The number of likely N-dealkylation sites (N-methyl/N-ethyl adjacent to an activating group) is 1. The zero-order valence-corrected chi connectivity index (χ0v) is 10.4. The van der Waals surface area contributed by atoms with Crippen LogP contribution in [0.1, 0.15) is 19.8 Å². The minimum atomic E-state index is -0.945. The van der Waals surface area contributed by atoms with Crippen molar-refractivity contribution in [1.82, 2.24) is 9.80 Å². The molecule has 0 aromatic rings. The van der Waals surface area contributed by atoms with Crippen LogP contribution in [0.15, 0.2) is 12.7 Å². The van der Waals surface area contributed by atoms with Gasteiger partial charge < -0.3 is 10.0 Å². The number of amides is 1. The molecule has 0 spiro atoms. The first-order valence-electron chi connectivity index (χ1n) is 5.80. The summed E-state index contributed by atoms with van der Waals surface area (Å²) < 4.78 is 0. The maximum atomic E-state index is 12.1. The molecule has 1 heterocycles. The van der Waals surface area contributed by atoms with Crippen LogP contribution in [-0.2, 0) is 9.59 Å². The van der Waals surface area contributed by atoms with E-state index in [1.165, 1.54) is 0 Å². The zero-order chi connectivity index (χ0) is 13.0. The molecule has 0 saturated carbocycles. The van der Waals surface area contributed by atoms with Crippen molar-refractivity contribution < 1.29 is 14.7 Å². The van der Waals surface area contributed by atoms with Gasteiger partial charge >= 0.3 is 5.97 Å². The molecule has 2 unspecified atom stereocenters. The third kappa shape index (κ3) is 3.30. The van der Waals surface area contributed by atoms with Gasteiger partial charge in [-0.2, -0.15) is 0 Å². The fourth-order valence-corrected chi connectivity index (χ4v) is 2.19. The molecule has 1 N–H and O–H groups in total. The zero-order valence-electron chi connectivity index (χ0n) is 10.4. The molecule has 5 heteroatoms. The van der Waals surface area contributed by atoms with Gasteiger partial charge in [-0.3, -0.25) is 14.5 Å². The second-order valence-corrected chi connectivity index (χ2v) is 4.50. The molecular formula is C12H20N2O3. The molecule has 0 aliphatic carbocycles. The predicted octanol–water partition coefficient (Wildman–Crippen LogP) is 0.568. The number of rotatable bonds is 4. The molecule has 96 valence electrons. The van der Waals surface area contributed by atoms with E-state index >= 15 is 0 Å². The SMILES string of the molecule is C=CCN1C(C)CCN(C)C(=O)C1CC(=O)O. The summed E-state index contributed by atoms with van der Waals surface area (Å²) in [5.74, 6) is -1.06. The minimum absolute atomic E-state index is 0.112. The highest BCUT2D eigenvalue weighted by atomic mass is 16.4. The summed E-state index contributed by atoms with van der Waals surface area (Å²) in [7, 11) is 1.72. The van der Waals surface area contributed by atoms with Crippen LogP contribution < -0.4 is 0 Å². The van der Waals surface area contributed by atoms with E-state index in [0.29, 0.717) is 13.1 Å². The third-order valence-corrected chi connectivity index (χ3v) is 3.22. The number of carboxylic acid groups (broad SMARTS) is 1. The normalized spacial score (nSPS) is 26.7. The Morgan fingerprint density at radius 2 is 2.29 bits per heavy atom. The molecule has 5 nitrogen and oxygen atoms in total. The average Bonchev–Trinajstić information content (AvgIpc) is 2.35. The van der Waals surface area contributed by atoms with Crippen molar-refractivity contribution in [1.29, 1.82) is 0 Å². The molecule has 1 rings (SSSR count). The monoisotopic (exact) mass is 240 g/mol. The Morgan fingerprint density at radius 1 is 1.65 bits per heavy atom. The Labute approximate surface area is 102 Å². The van der Waals surface area contributed by atoms with Gasteiger partial charge in [-0.15, -0.1) is 6.58 Å². The fourth-order valence-electron chi connectivity index (χ4n) is 2.19. The molecule has 0 bridgehead atoms. The first-order chi connectivity index (χ1) is 7.97. The summed E-state index contributed by atoms with van der Waals surface area (Å²) in [6, 6.07) is -0.390. The van der Waals surface area contributed by atoms with Crippen molar-refractivity contribution >= 4 is 11.9 Å². The molecule has 1 aliphatic rings. The van der Waals surface area contributed by atoms with Crippen LogP contribution in [0.3, 0.4) is 0 Å². The van der Waals surface area contributed by atoms with E-state index < -0.39 is 12.0 Å². The lowest BCUT2D eigenvalue weighted by molar-refractivity contribution is -0.144. The minimum Gasteiger partial charge on any atom is -0.481 e. The lowest BCUT2D eigenvalue weighted by Gasteiger charge is -2.31. The van der Waals surface area contributed by atoms with Crippen molar-refractivity contribution in [2.75, 3.05) is 20.1 Å². The predicted molar refractivity (Wildman–Crippen MR) is 64.7 cm³/mol. The molecule has 1 fully saturated rings. The van der Waals surface area contributed by atoms with Crippen LogP contribution in [0.4, 0.5) is 0 Å². The molecule has 0 aromatic carbocycles. The first-order valence-corrected chi connectivity index (χ1v) is 5.80. The van der Waals surface area contributed by atoms with Crippen LogP contribution in [0, 0.1) is 0 Å². The quantitative estimate of drug-likeness (QED) is 0.730. The molecule has 0 radical (unpaired) electrons. The standard InChI is InChI=1S/C12H20N2O3/c1-4-6-14-9(2)5-7-13(3)12(17)10(14)8-11(15)16/h4,9-10H,1,5-8H2,2-3H3,(H,15,16). The van der Waals surface area contributed by atoms with Gasteiger partial charge in [0.05, 0.1) is 6.42 Å². The molecular weight excluding hydrogens is 220 g/mol. The van der Waals surface area contributed by atoms with Crippen LogP contribution >= 0.6 is 0 Å². The average molecular weight is 240 g/mol. The van der Waals surface area contributed by atoms with Crippen LogP contribution in [0.5, 0.6) is 0 Å². The fraction of sp³-hybridized carbons (Fsp3) is 0.667. The van der Waals surface area contributed by atoms with Gasteiger partial charge in [0.15, 0.2) is 0 Å². The lowest BCUT2D eigenvalue weighted by Crippen LogP contribution is -2.48. The Hall–Kier alpha value is -1.36. The van der Waals surface area contributed by atoms with Crippen LogP contribution in [0.25, 0.3) is 0 Å². The van der Waals surface area contributed by atoms with Gasteiger partial charge in [0.2, 0.25) is 5.91 Å². The van der Waals surface area contributed by atoms with Gasteiger partial charge in [-0.1, -0.05) is 6.08 Å². The van der Waals surface area contributed by atoms with Crippen LogP contribution in [-0.4, -0.2) is 59.0 Å². The molecule has 1 aliphatic heterocycles. The summed E-state index contributed by atoms with van der Waals surface area (Å²) in [5, 5.41) is 8.91. The number of aliphatic carboxylic acids is 1. The molecule has 17 heavy (non-hydrogen) atoms. The van der Waals surface area contributed by atoms with Crippen molar-refractivity contribution in [3.8, 4) is 0 Å². The first kappa shape index (κ1) is 13.7. The summed E-state index contributed by atoms with van der Waals surface area (Å²) in [5.41, 5.74) is 0. The van der Waals surface area contributed by atoms with E-state index in [-0.39, 0.29) is 18.4 Å². The maximum Gasteiger partial charge on any atom is 0.305 e. The second-order valence-electron chi connectivity index (χ2n) is 4.50. The summed E-state index contributed by atoms with van der Waals surface area (Å²) in [6.07, 6.45) is 2.41. The van der Waals surface area contributed by atoms with Gasteiger partial charge in [-0.25, -0.2) is 0 Å². The summed E-state index contributed by atoms with van der Waals surface area (Å²) >= 11 is 0. The molecule has 1 amide bonds. The molecule has 2 atom stereocenters. The molecule has 0 aromatic heterocycles. The van der Waals surface area contributed by atoms with E-state index in [1.807, 2.05) is 11.8 Å². The van der Waals surface area contributed by atoms with Crippen molar-refractivity contribution in [3.63, 3.8) is 0 Å². The lowest BCUT2D eigenvalue weighted by atomic mass is 10.1. The van der Waals surface area contributed by atoms with E-state index in [0.717, 1.165) is 6.42 Å². The summed E-state index contributed by atoms with van der Waals surface area (Å²) in [4.78, 5) is 26.5. The van der Waals surface area contributed by atoms with E-state index in [2.05, 4.69) is 6.58 Å². The highest BCUT2D eigenvalue weighted by Crippen LogP contribution is 2.18. The number of hydrogen-bond acceptors (Lipinski definition) is 3.